The first-order chi connectivity index (χ1) is 18.9. The zero-order chi connectivity index (χ0) is 27.8. The topological polar surface area (TPSA) is 85.4 Å². The van der Waals surface area contributed by atoms with Gasteiger partial charge in [0, 0.05) is 19.6 Å². The number of carbonyl (C=O) groups is 3. The molecule has 2 atom stereocenters. The fourth-order valence-corrected chi connectivity index (χ4v) is 5.24. The number of unbranched alkanes of at least 4 members (excludes halogenated alkanes) is 1. The number of hydrogen-bond donors (Lipinski definition) is 1. The van der Waals surface area contributed by atoms with E-state index in [9.17, 15) is 14.4 Å². The largest absolute Gasteiger partial charge is 0.375 e. The number of ether oxygens (including phenoxy) is 1. The number of urea groups is 1. The van der Waals surface area contributed by atoms with Gasteiger partial charge in [0.25, 0.3) is 0 Å². The SMILES string of the molecule is CCCC[C@H]1C(=O)N(CCOCc2ccc(C)cc2)C[C@H]2N1C(=O)CN(CC)N2C(=O)NCc1ccccc1. The Morgan fingerprint density at radius 3 is 2.46 bits per heavy atom. The van der Waals surface area contributed by atoms with E-state index in [0.717, 1.165) is 24.0 Å². The van der Waals surface area contributed by atoms with Crippen molar-refractivity contribution >= 4 is 17.8 Å². The second kappa shape index (κ2) is 13.6. The van der Waals surface area contributed by atoms with E-state index in [2.05, 4.69) is 24.4 Å². The summed E-state index contributed by atoms with van der Waals surface area (Å²) in [7, 11) is 0. The average molecular weight is 536 g/mol. The third kappa shape index (κ3) is 6.96. The van der Waals surface area contributed by atoms with Crippen LogP contribution in [0.1, 0.15) is 49.8 Å². The third-order valence-electron chi connectivity index (χ3n) is 7.42. The van der Waals surface area contributed by atoms with Gasteiger partial charge in [0.05, 0.1) is 26.3 Å². The monoisotopic (exact) mass is 535 g/mol. The Hall–Kier alpha value is -3.43. The molecule has 0 spiro atoms. The summed E-state index contributed by atoms with van der Waals surface area (Å²) in [6.45, 7) is 8.49. The molecule has 0 radical (unpaired) electrons. The molecule has 0 saturated carbocycles. The van der Waals surface area contributed by atoms with Crippen LogP contribution < -0.4 is 5.32 Å². The quantitative estimate of drug-likeness (QED) is 0.445. The van der Waals surface area contributed by atoms with Crippen molar-refractivity contribution in [1.29, 1.82) is 0 Å². The maximum absolute atomic E-state index is 13.6. The van der Waals surface area contributed by atoms with Gasteiger partial charge in [-0.1, -0.05) is 86.8 Å². The molecule has 2 aliphatic rings. The average Bonchev–Trinajstić information content (AvgIpc) is 2.95. The van der Waals surface area contributed by atoms with Gasteiger partial charge in [0.2, 0.25) is 11.8 Å². The fourth-order valence-electron chi connectivity index (χ4n) is 5.24. The maximum atomic E-state index is 13.6. The standard InChI is InChI=1S/C30H41N5O4/c1-4-6-12-26-29(37)32(17-18-39-22-25-15-13-23(3)14-16-25)20-27-34(26)28(36)21-33(5-2)35(27)30(38)31-19-24-10-8-7-9-11-24/h7-11,13-16,26-27H,4-6,12,17-22H2,1-3H3,(H,31,38)/t26-,27-/m0/s1. The Bertz CT molecular complexity index is 1110. The van der Waals surface area contributed by atoms with Gasteiger partial charge in [-0.3, -0.25) is 9.59 Å². The first-order valence-electron chi connectivity index (χ1n) is 14.0. The van der Waals surface area contributed by atoms with Crippen molar-refractivity contribution in [3.05, 3.63) is 71.3 Å². The normalized spacial score (nSPS) is 19.8. The molecule has 0 aliphatic carbocycles. The van der Waals surface area contributed by atoms with Crippen LogP contribution in [0.25, 0.3) is 0 Å². The van der Waals surface area contributed by atoms with E-state index in [1.54, 1.807) is 19.8 Å². The van der Waals surface area contributed by atoms with Crippen molar-refractivity contribution in [2.75, 3.05) is 32.8 Å². The number of likely N-dealkylation sites (N-methyl/N-ethyl adjacent to an activating group) is 1. The number of hydrogen-bond acceptors (Lipinski definition) is 5. The van der Waals surface area contributed by atoms with Gasteiger partial charge < -0.3 is 19.9 Å². The number of piperazine rings is 1. The van der Waals surface area contributed by atoms with Crippen LogP contribution in [0.3, 0.4) is 0 Å². The Balaban J connectivity index is 1.49. The van der Waals surface area contributed by atoms with Crippen LogP contribution in [0.2, 0.25) is 0 Å². The number of amides is 4. The number of nitrogens with one attached hydrogen (secondary N) is 1. The minimum atomic E-state index is -0.586. The number of benzene rings is 2. The molecular formula is C30H41N5O4. The molecule has 2 saturated heterocycles. The van der Waals surface area contributed by atoms with E-state index in [4.69, 9.17) is 4.74 Å². The van der Waals surface area contributed by atoms with E-state index in [1.165, 1.54) is 5.56 Å². The highest BCUT2D eigenvalue weighted by Gasteiger charge is 2.50. The Morgan fingerprint density at radius 1 is 1.03 bits per heavy atom. The minimum absolute atomic E-state index is 0.0680. The van der Waals surface area contributed by atoms with Gasteiger partial charge in [-0.15, -0.1) is 0 Å². The van der Waals surface area contributed by atoms with Crippen molar-refractivity contribution in [2.45, 2.75) is 65.4 Å². The number of fused-ring (bicyclic) bond motifs is 1. The van der Waals surface area contributed by atoms with Crippen molar-refractivity contribution in [2.24, 2.45) is 0 Å². The molecule has 210 valence electrons. The van der Waals surface area contributed by atoms with Crippen LogP contribution in [0.15, 0.2) is 54.6 Å². The summed E-state index contributed by atoms with van der Waals surface area (Å²) in [5.41, 5.74) is 3.27. The number of hydrazine groups is 1. The van der Waals surface area contributed by atoms with E-state index in [1.807, 2.05) is 56.3 Å². The summed E-state index contributed by atoms with van der Waals surface area (Å²) in [5.74, 6) is -0.180. The summed E-state index contributed by atoms with van der Waals surface area (Å²) >= 11 is 0. The van der Waals surface area contributed by atoms with Crippen LogP contribution in [0.4, 0.5) is 4.79 Å². The highest BCUT2D eigenvalue weighted by atomic mass is 16.5. The maximum Gasteiger partial charge on any atom is 0.334 e. The molecule has 9 heteroatoms. The summed E-state index contributed by atoms with van der Waals surface area (Å²) < 4.78 is 5.91. The molecule has 2 aliphatic heterocycles. The fraction of sp³-hybridized carbons (Fsp3) is 0.500. The lowest BCUT2D eigenvalue weighted by Crippen LogP contribution is -2.76. The molecule has 39 heavy (non-hydrogen) atoms. The number of rotatable bonds is 11. The van der Waals surface area contributed by atoms with Crippen LogP contribution in [-0.2, 0) is 27.5 Å². The molecule has 2 aromatic rings. The molecule has 9 nitrogen and oxygen atoms in total. The Morgan fingerprint density at radius 2 is 1.77 bits per heavy atom. The Labute approximate surface area is 231 Å². The van der Waals surface area contributed by atoms with E-state index < -0.39 is 12.2 Å². The highest BCUT2D eigenvalue weighted by Crippen LogP contribution is 2.28. The van der Waals surface area contributed by atoms with E-state index in [-0.39, 0.29) is 30.9 Å². The van der Waals surface area contributed by atoms with Gasteiger partial charge in [0.15, 0.2) is 0 Å². The van der Waals surface area contributed by atoms with Crippen LogP contribution in [0, 0.1) is 6.92 Å². The zero-order valence-corrected chi connectivity index (χ0v) is 23.3. The van der Waals surface area contributed by atoms with E-state index >= 15 is 0 Å². The Kier molecular flexibility index (Phi) is 9.95. The van der Waals surface area contributed by atoms with E-state index in [0.29, 0.717) is 39.3 Å². The first-order valence-corrected chi connectivity index (χ1v) is 14.0. The molecule has 0 bridgehead atoms. The molecule has 1 N–H and O–H groups in total. The van der Waals surface area contributed by atoms with Crippen molar-refractivity contribution in [3.63, 3.8) is 0 Å². The molecule has 4 rings (SSSR count). The van der Waals surface area contributed by atoms with Gasteiger partial charge in [-0.05, 0) is 24.5 Å². The highest BCUT2D eigenvalue weighted by molar-refractivity contribution is 5.91. The second-order valence-corrected chi connectivity index (χ2v) is 10.2. The van der Waals surface area contributed by atoms with Crippen molar-refractivity contribution < 1.29 is 19.1 Å². The minimum Gasteiger partial charge on any atom is -0.375 e. The molecule has 0 aromatic heterocycles. The van der Waals surface area contributed by atoms with Crippen LogP contribution in [-0.4, -0.2) is 82.7 Å². The number of carbonyl (C=O) groups excluding carboxylic acids is 3. The van der Waals surface area contributed by atoms with Crippen LogP contribution >= 0.6 is 0 Å². The summed E-state index contributed by atoms with van der Waals surface area (Å²) in [6.07, 6.45) is 1.74. The van der Waals surface area contributed by atoms with Gasteiger partial charge in [-0.25, -0.2) is 14.8 Å². The molecule has 2 aromatic carbocycles. The molecule has 2 heterocycles. The van der Waals surface area contributed by atoms with Crippen molar-refractivity contribution in [1.82, 2.24) is 25.1 Å². The van der Waals surface area contributed by atoms with Gasteiger partial charge >= 0.3 is 6.03 Å². The van der Waals surface area contributed by atoms with Crippen LogP contribution in [0.5, 0.6) is 0 Å². The number of nitrogens with zero attached hydrogens (tertiary/aromatic N) is 4. The van der Waals surface area contributed by atoms with Gasteiger partial charge in [0.1, 0.15) is 12.2 Å². The summed E-state index contributed by atoms with van der Waals surface area (Å²) in [5, 5.41) is 6.45. The predicted molar refractivity (Wildman–Crippen MR) is 149 cm³/mol. The summed E-state index contributed by atoms with van der Waals surface area (Å²) in [6, 6.07) is 17.1. The molecule has 0 unspecified atom stereocenters. The summed E-state index contributed by atoms with van der Waals surface area (Å²) in [4.78, 5) is 43.9. The molecular weight excluding hydrogens is 494 g/mol. The predicted octanol–water partition coefficient (Wildman–Crippen LogP) is 3.53. The third-order valence-corrected chi connectivity index (χ3v) is 7.42. The zero-order valence-electron chi connectivity index (χ0n) is 23.3. The lowest BCUT2D eigenvalue weighted by Gasteiger charge is -2.55. The number of aryl methyl sites for hydroxylation is 1. The van der Waals surface area contributed by atoms with Gasteiger partial charge in [-0.2, -0.15) is 0 Å². The lowest BCUT2D eigenvalue weighted by atomic mass is 10.0. The molecule has 2 fully saturated rings. The molecule has 4 amide bonds. The second-order valence-electron chi connectivity index (χ2n) is 10.2. The van der Waals surface area contributed by atoms with Crippen molar-refractivity contribution in [3.8, 4) is 0 Å². The lowest BCUT2D eigenvalue weighted by molar-refractivity contribution is -0.190. The first kappa shape index (κ1) is 28.6. The smallest absolute Gasteiger partial charge is 0.334 e.